The van der Waals surface area contributed by atoms with E-state index in [4.69, 9.17) is 0 Å². The number of thioether (sulfide) groups is 1. The maximum atomic E-state index is 12.7. The van der Waals surface area contributed by atoms with Crippen molar-refractivity contribution in [1.82, 2.24) is 24.4 Å². The van der Waals surface area contributed by atoms with E-state index in [0.717, 1.165) is 16.8 Å². The number of nitrogens with zero attached hydrogens (tertiary/aromatic N) is 4. The highest BCUT2D eigenvalue weighted by molar-refractivity contribution is 8.00. The molecule has 1 heterocycles. The zero-order valence-corrected chi connectivity index (χ0v) is 21.3. The van der Waals surface area contributed by atoms with Crippen molar-refractivity contribution in [3.8, 4) is 17.1 Å². The van der Waals surface area contributed by atoms with Crippen molar-refractivity contribution in [2.24, 2.45) is 0 Å². The van der Waals surface area contributed by atoms with Crippen LogP contribution in [0.25, 0.3) is 17.1 Å². The van der Waals surface area contributed by atoms with Crippen molar-refractivity contribution < 1.29 is 13.2 Å². The lowest BCUT2D eigenvalue weighted by Crippen LogP contribution is -2.30. The first kappa shape index (κ1) is 24.9. The topological polar surface area (TPSA) is 97.2 Å². The number of rotatable bonds is 8. The van der Waals surface area contributed by atoms with Gasteiger partial charge in [-0.05, 0) is 51.0 Å². The summed E-state index contributed by atoms with van der Waals surface area (Å²) in [6, 6.07) is 12.6. The van der Waals surface area contributed by atoms with Gasteiger partial charge in [0.1, 0.15) is 0 Å². The number of aryl methyl sites for hydroxylation is 2. The summed E-state index contributed by atoms with van der Waals surface area (Å²) in [5, 5.41) is 11.8. The first-order valence-corrected chi connectivity index (χ1v) is 12.9. The van der Waals surface area contributed by atoms with Gasteiger partial charge in [-0.2, -0.15) is 0 Å². The van der Waals surface area contributed by atoms with Gasteiger partial charge in [0.2, 0.25) is 15.9 Å². The fourth-order valence-corrected chi connectivity index (χ4v) is 5.26. The summed E-state index contributed by atoms with van der Waals surface area (Å²) >= 11 is 1.31. The third-order valence-electron chi connectivity index (χ3n) is 5.17. The fraction of sp³-hybridized carbons (Fsp3) is 0.348. The average Bonchev–Trinajstić information content (AvgIpc) is 3.17. The molecule has 3 rings (SSSR count). The van der Waals surface area contributed by atoms with Gasteiger partial charge >= 0.3 is 0 Å². The van der Waals surface area contributed by atoms with E-state index in [1.165, 1.54) is 30.2 Å². The van der Waals surface area contributed by atoms with Crippen molar-refractivity contribution >= 4 is 27.7 Å². The molecule has 0 saturated heterocycles. The van der Waals surface area contributed by atoms with Gasteiger partial charge in [0, 0.05) is 26.2 Å². The maximum absolute atomic E-state index is 12.7. The van der Waals surface area contributed by atoms with Gasteiger partial charge < -0.3 is 5.32 Å². The number of carbonyl (C=O) groups excluding carboxylic acids is 1. The minimum Gasteiger partial charge on any atom is -0.355 e. The van der Waals surface area contributed by atoms with E-state index in [-0.39, 0.29) is 16.1 Å². The quantitative estimate of drug-likeness (QED) is 0.489. The number of benzene rings is 2. The van der Waals surface area contributed by atoms with Crippen LogP contribution in [0.3, 0.4) is 0 Å². The molecule has 0 radical (unpaired) electrons. The van der Waals surface area contributed by atoms with Gasteiger partial charge in [-0.3, -0.25) is 9.36 Å². The molecule has 0 spiro atoms. The Hall–Kier alpha value is -2.69. The second-order valence-corrected chi connectivity index (χ2v) is 11.3. The molecule has 0 fully saturated rings. The fourth-order valence-electron chi connectivity index (χ4n) is 3.43. The molecule has 10 heteroatoms. The number of para-hydroxylation sites is 1. The van der Waals surface area contributed by atoms with Crippen molar-refractivity contribution in [2.75, 3.05) is 20.6 Å². The van der Waals surface area contributed by atoms with Crippen LogP contribution in [0, 0.1) is 13.8 Å². The largest absolute Gasteiger partial charge is 0.355 e. The zero-order chi connectivity index (χ0) is 24.3. The van der Waals surface area contributed by atoms with Crippen LogP contribution in [0.15, 0.2) is 52.5 Å². The Morgan fingerprint density at radius 1 is 1.12 bits per heavy atom. The molecule has 176 valence electrons. The van der Waals surface area contributed by atoms with Gasteiger partial charge in [-0.15, -0.1) is 10.2 Å². The maximum Gasteiger partial charge on any atom is 0.242 e. The predicted octanol–water partition coefficient (Wildman–Crippen LogP) is 3.42. The SMILES string of the molecule is CCNC(=O)C(C)Sc1nnc(-c2cccc(S(=O)(=O)N(C)C)c2)n1-c1c(C)cccc1C. The molecule has 0 aliphatic carbocycles. The molecule has 0 saturated carbocycles. The molecule has 1 atom stereocenters. The summed E-state index contributed by atoms with van der Waals surface area (Å²) < 4.78 is 28.5. The van der Waals surface area contributed by atoms with E-state index in [2.05, 4.69) is 15.5 Å². The molecule has 2 aromatic carbocycles. The molecule has 0 bridgehead atoms. The van der Waals surface area contributed by atoms with E-state index in [1.54, 1.807) is 18.2 Å². The average molecular weight is 488 g/mol. The van der Waals surface area contributed by atoms with Crippen LogP contribution in [0.2, 0.25) is 0 Å². The Kier molecular flexibility index (Phi) is 7.61. The highest BCUT2D eigenvalue weighted by Gasteiger charge is 2.24. The summed E-state index contributed by atoms with van der Waals surface area (Å²) in [5.74, 6) is 0.424. The highest BCUT2D eigenvalue weighted by Crippen LogP contribution is 2.33. The first-order chi connectivity index (χ1) is 15.6. The molecular formula is C23H29N5O3S2. The van der Waals surface area contributed by atoms with Gasteiger partial charge in [-0.1, -0.05) is 42.1 Å². The molecular weight excluding hydrogens is 458 g/mol. The number of hydrogen-bond donors (Lipinski definition) is 1. The van der Waals surface area contributed by atoms with Gasteiger partial charge in [0.15, 0.2) is 11.0 Å². The van der Waals surface area contributed by atoms with Crippen LogP contribution < -0.4 is 5.32 Å². The highest BCUT2D eigenvalue weighted by atomic mass is 32.2. The summed E-state index contributed by atoms with van der Waals surface area (Å²) in [6.07, 6.45) is 0. The molecule has 1 aromatic heterocycles. The van der Waals surface area contributed by atoms with E-state index in [0.29, 0.717) is 23.1 Å². The third-order valence-corrected chi connectivity index (χ3v) is 8.02. The molecule has 8 nitrogen and oxygen atoms in total. The van der Waals surface area contributed by atoms with Crippen LogP contribution in [0.5, 0.6) is 0 Å². The van der Waals surface area contributed by atoms with Gasteiger partial charge in [0.05, 0.1) is 15.8 Å². The van der Waals surface area contributed by atoms with Crippen LogP contribution in [-0.2, 0) is 14.8 Å². The molecule has 33 heavy (non-hydrogen) atoms. The smallest absolute Gasteiger partial charge is 0.242 e. The zero-order valence-electron chi connectivity index (χ0n) is 19.7. The van der Waals surface area contributed by atoms with Crippen molar-refractivity contribution in [3.63, 3.8) is 0 Å². The van der Waals surface area contributed by atoms with Crippen molar-refractivity contribution in [2.45, 2.75) is 43.0 Å². The Morgan fingerprint density at radius 3 is 2.36 bits per heavy atom. The number of aromatic nitrogens is 3. The number of carbonyl (C=O) groups is 1. The van der Waals surface area contributed by atoms with E-state index < -0.39 is 10.0 Å². The lowest BCUT2D eigenvalue weighted by atomic mass is 10.1. The van der Waals surface area contributed by atoms with Crippen LogP contribution >= 0.6 is 11.8 Å². The lowest BCUT2D eigenvalue weighted by Gasteiger charge is -2.17. The second kappa shape index (κ2) is 10.1. The number of hydrogen-bond acceptors (Lipinski definition) is 6. The standard InChI is InChI=1S/C23H29N5O3S2/c1-7-24-22(29)17(4)32-23-26-25-21(28(23)20-15(2)10-8-11-16(20)3)18-12-9-13-19(14-18)33(30,31)27(5)6/h8-14,17H,7H2,1-6H3,(H,24,29). The number of amides is 1. The predicted molar refractivity (Wildman–Crippen MR) is 131 cm³/mol. The monoisotopic (exact) mass is 487 g/mol. The molecule has 1 amide bonds. The Labute approximate surface area is 199 Å². The molecule has 0 aliphatic rings. The molecule has 0 aliphatic heterocycles. The summed E-state index contributed by atoms with van der Waals surface area (Å²) in [5.41, 5.74) is 3.55. The van der Waals surface area contributed by atoms with Crippen molar-refractivity contribution in [3.05, 3.63) is 53.6 Å². The Morgan fingerprint density at radius 2 is 1.76 bits per heavy atom. The van der Waals surface area contributed by atoms with Crippen LogP contribution in [-0.4, -0.2) is 59.3 Å². The Balaban J connectivity index is 2.20. The second-order valence-electron chi connectivity index (χ2n) is 7.85. The minimum atomic E-state index is -3.61. The molecule has 3 aromatic rings. The van der Waals surface area contributed by atoms with Gasteiger partial charge in [-0.25, -0.2) is 12.7 Å². The summed E-state index contributed by atoms with van der Waals surface area (Å²) in [6.45, 7) is 8.25. The summed E-state index contributed by atoms with van der Waals surface area (Å²) in [7, 11) is -0.616. The lowest BCUT2D eigenvalue weighted by molar-refractivity contribution is -0.120. The van der Waals surface area contributed by atoms with E-state index in [9.17, 15) is 13.2 Å². The molecule has 1 N–H and O–H groups in total. The summed E-state index contributed by atoms with van der Waals surface area (Å²) in [4.78, 5) is 12.5. The van der Waals surface area contributed by atoms with Crippen molar-refractivity contribution in [1.29, 1.82) is 0 Å². The minimum absolute atomic E-state index is 0.0841. The Bertz CT molecular complexity index is 1250. The number of sulfonamides is 1. The van der Waals surface area contributed by atoms with Crippen LogP contribution in [0.1, 0.15) is 25.0 Å². The van der Waals surface area contributed by atoms with Crippen LogP contribution in [0.4, 0.5) is 0 Å². The first-order valence-electron chi connectivity index (χ1n) is 10.6. The number of nitrogens with one attached hydrogen (secondary N) is 1. The third kappa shape index (κ3) is 5.13. The van der Waals surface area contributed by atoms with Gasteiger partial charge in [0.25, 0.3) is 0 Å². The van der Waals surface area contributed by atoms with E-state index >= 15 is 0 Å². The molecule has 1 unspecified atom stereocenters. The van der Waals surface area contributed by atoms with E-state index in [1.807, 2.05) is 56.5 Å². The normalized spacial score (nSPS) is 12.7.